The molecule has 1 fully saturated rings. The van der Waals surface area contributed by atoms with Crippen molar-refractivity contribution in [1.29, 1.82) is 5.26 Å². The van der Waals surface area contributed by atoms with E-state index in [1.165, 1.54) is 5.56 Å². The molecule has 0 radical (unpaired) electrons. The number of hydrogen-bond donors (Lipinski definition) is 1. The number of nitriles is 1. The van der Waals surface area contributed by atoms with Crippen LogP contribution in [0.15, 0.2) is 24.3 Å². The van der Waals surface area contributed by atoms with Gasteiger partial charge in [0.05, 0.1) is 24.8 Å². The Kier molecular flexibility index (Phi) is 5.10. The zero-order chi connectivity index (χ0) is 19.7. The van der Waals surface area contributed by atoms with Gasteiger partial charge in [0.25, 0.3) is 0 Å². The van der Waals surface area contributed by atoms with Crippen LogP contribution in [0.5, 0.6) is 0 Å². The van der Waals surface area contributed by atoms with Gasteiger partial charge in [-0.3, -0.25) is 4.79 Å². The summed E-state index contributed by atoms with van der Waals surface area (Å²) in [6.45, 7) is 6.50. The molecule has 1 amide bonds. The highest BCUT2D eigenvalue weighted by Gasteiger charge is 2.25. The van der Waals surface area contributed by atoms with Crippen LogP contribution in [0.1, 0.15) is 35.2 Å². The first-order valence-corrected chi connectivity index (χ1v) is 9.92. The van der Waals surface area contributed by atoms with Crippen molar-refractivity contribution in [1.82, 2.24) is 4.57 Å². The Morgan fingerprint density at radius 3 is 2.93 bits per heavy atom. The number of carbonyl (C=O) groups excluding carboxylic acids is 1. The number of amides is 1. The fourth-order valence-electron chi connectivity index (χ4n) is 4.27. The molecule has 0 aliphatic carbocycles. The Morgan fingerprint density at radius 2 is 2.18 bits per heavy atom. The zero-order valence-electron chi connectivity index (χ0n) is 16.5. The maximum Gasteiger partial charge on any atom is 0.245 e. The highest BCUT2D eigenvalue weighted by atomic mass is 16.5. The van der Waals surface area contributed by atoms with Crippen molar-refractivity contribution in [3.8, 4) is 6.07 Å². The SMILES string of the molecule is Cc1c(C#N)c(NC(=O)CN2CCc3ccccc32)n(C[C@H]2CCCO2)c1C. The molecule has 1 aromatic carbocycles. The minimum absolute atomic E-state index is 0.0979. The third-order valence-corrected chi connectivity index (χ3v) is 5.93. The maximum absolute atomic E-state index is 12.8. The lowest BCUT2D eigenvalue weighted by Crippen LogP contribution is -2.33. The topological polar surface area (TPSA) is 70.3 Å². The van der Waals surface area contributed by atoms with E-state index >= 15 is 0 Å². The zero-order valence-corrected chi connectivity index (χ0v) is 16.5. The second-order valence-electron chi connectivity index (χ2n) is 7.64. The number of ether oxygens (including phenoxy) is 1. The van der Waals surface area contributed by atoms with Crippen molar-refractivity contribution in [2.24, 2.45) is 0 Å². The molecular weight excluding hydrogens is 352 g/mol. The van der Waals surface area contributed by atoms with Crippen LogP contribution < -0.4 is 10.2 Å². The Balaban J connectivity index is 1.54. The van der Waals surface area contributed by atoms with Crippen molar-refractivity contribution in [2.75, 3.05) is 29.9 Å². The number of hydrogen-bond acceptors (Lipinski definition) is 4. The lowest BCUT2D eigenvalue weighted by atomic mass is 10.2. The van der Waals surface area contributed by atoms with Crippen molar-refractivity contribution >= 4 is 17.4 Å². The molecule has 4 rings (SSSR count). The molecule has 1 saturated heterocycles. The predicted molar refractivity (Wildman–Crippen MR) is 109 cm³/mol. The summed E-state index contributed by atoms with van der Waals surface area (Å²) in [5.41, 5.74) is 4.88. The van der Waals surface area contributed by atoms with Gasteiger partial charge in [0.2, 0.25) is 5.91 Å². The van der Waals surface area contributed by atoms with Gasteiger partial charge in [0.1, 0.15) is 11.9 Å². The van der Waals surface area contributed by atoms with E-state index in [0.29, 0.717) is 17.9 Å². The van der Waals surface area contributed by atoms with E-state index in [1.54, 1.807) is 0 Å². The van der Waals surface area contributed by atoms with Crippen molar-refractivity contribution < 1.29 is 9.53 Å². The maximum atomic E-state index is 12.8. The lowest BCUT2D eigenvalue weighted by molar-refractivity contribution is -0.115. The molecule has 6 heteroatoms. The molecule has 28 heavy (non-hydrogen) atoms. The molecule has 1 aromatic heterocycles. The van der Waals surface area contributed by atoms with E-state index in [2.05, 4.69) is 28.4 Å². The van der Waals surface area contributed by atoms with Gasteiger partial charge >= 0.3 is 0 Å². The fraction of sp³-hybridized carbons (Fsp3) is 0.455. The van der Waals surface area contributed by atoms with Crippen LogP contribution in [-0.2, 0) is 22.5 Å². The van der Waals surface area contributed by atoms with Crippen molar-refractivity contribution in [3.05, 3.63) is 46.6 Å². The van der Waals surface area contributed by atoms with Gasteiger partial charge < -0.3 is 19.5 Å². The third kappa shape index (κ3) is 3.38. The van der Waals surface area contributed by atoms with Crippen LogP contribution >= 0.6 is 0 Å². The fourth-order valence-corrected chi connectivity index (χ4v) is 4.27. The highest BCUT2D eigenvalue weighted by Crippen LogP contribution is 2.30. The van der Waals surface area contributed by atoms with Gasteiger partial charge in [-0.05, 0) is 50.3 Å². The minimum Gasteiger partial charge on any atom is -0.376 e. The monoisotopic (exact) mass is 378 g/mol. The van der Waals surface area contributed by atoms with Gasteiger partial charge in [-0.15, -0.1) is 0 Å². The summed E-state index contributed by atoms with van der Waals surface area (Å²) in [5, 5.41) is 12.7. The molecule has 6 nitrogen and oxygen atoms in total. The van der Waals surface area contributed by atoms with Crippen LogP contribution in [-0.4, -0.2) is 36.3 Å². The van der Waals surface area contributed by atoms with Gasteiger partial charge in [0, 0.05) is 24.5 Å². The average Bonchev–Trinajstić information content (AvgIpc) is 3.39. The Bertz CT molecular complexity index is 935. The van der Waals surface area contributed by atoms with Crippen molar-refractivity contribution in [3.63, 3.8) is 0 Å². The Morgan fingerprint density at radius 1 is 1.36 bits per heavy atom. The minimum atomic E-state index is -0.0979. The third-order valence-electron chi connectivity index (χ3n) is 5.93. The number of aromatic nitrogens is 1. The molecule has 2 aliphatic heterocycles. The quantitative estimate of drug-likeness (QED) is 0.868. The normalized spacial score (nSPS) is 18.2. The number of carbonyl (C=O) groups is 1. The van der Waals surface area contributed by atoms with E-state index in [0.717, 1.165) is 49.4 Å². The summed E-state index contributed by atoms with van der Waals surface area (Å²) in [4.78, 5) is 15.0. The summed E-state index contributed by atoms with van der Waals surface area (Å²) in [5.74, 6) is 0.504. The van der Waals surface area contributed by atoms with Gasteiger partial charge in [0.15, 0.2) is 0 Å². The summed E-state index contributed by atoms with van der Waals surface area (Å²) in [6, 6.07) is 10.5. The second kappa shape index (κ2) is 7.69. The summed E-state index contributed by atoms with van der Waals surface area (Å²) >= 11 is 0. The number of benzene rings is 1. The molecule has 1 atom stereocenters. The molecule has 146 valence electrons. The first kappa shape index (κ1) is 18.6. The van der Waals surface area contributed by atoms with Gasteiger partial charge in [-0.1, -0.05) is 18.2 Å². The van der Waals surface area contributed by atoms with E-state index in [9.17, 15) is 10.1 Å². The first-order chi connectivity index (χ1) is 13.6. The Labute approximate surface area is 165 Å². The van der Waals surface area contributed by atoms with Crippen LogP contribution in [0.4, 0.5) is 11.5 Å². The number of rotatable bonds is 5. The molecule has 0 bridgehead atoms. The van der Waals surface area contributed by atoms with Crippen LogP contribution in [0.2, 0.25) is 0 Å². The molecular formula is C22H26N4O2. The van der Waals surface area contributed by atoms with E-state index in [1.807, 2.05) is 30.5 Å². The van der Waals surface area contributed by atoms with Crippen LogP contribution in [0.25, 0.3) is 0 Å². The summed E-state index contributed by atoms with van der Waals surface area (Å²) < 4.78 is 7.82. The number of fused-ring (bicyclic) bond motifs is 1. The van der Waals surface area contributed by atoms with E-state index in [4.69, 9.17) is 4.74 Å². The Hall–Kier alpha value is -2.78. The molecule has 2 aliphatic rings. The molecule has 0 spiro atoms. The van der Waals surface area contributed by atoms with Gasteiger partial charge in [-0.25, -0.2) is 0 Å². The lowest BCUT2D eigenvalue weighted by Gasteiger charge is -2.20. The first-order valence-electron chi connectivity index (χ1n) is 9.92. The smallest absolute Gasteiger partial charge is 0.245 e. The molecule has 0 unspecified atom stereocenters. The number of anilines is 2. The number of nitrogens with one attached hydrogen (secondary N) is 1. The second-order valence-corrected chi connectivity index (χ2v) is 7.64. The number of para-hydroxylation sites is 1. The highest BCUT2D eigenvalue weighted by molar-refractivity contribution is 5.95. The van der Waals surface area contributed by atoms with Crippen LogP contribution in [0, 0.1) is 25.2 Å². The molecule has 1 N–H and O–H groups in total. The largest absolute Gasteiger partial charge is 0.376 e. The molecule has 2 aromatic rings. The summed E-state index contributed by atoms with van der Waals surface area (Å²) in [6.07, 6.45) is 3.17. The summed E-state index contributed by atoms with van der Waals surface area (Å²) in [7, 11) is 0. The van der Waals surface area contributed by atoms with Crippen LogP contribution in [0.3, 0.4) is 0 Å². The number of nitrogens with zero attached hydrogens (tertiary/aromatic N) is 3. The predicted octanol–water partition coefficient (Wildman–Crippen LogP) is 3.16. The van der Waals surface area contributed by atoms with Gasteiger partial charge in [-0.2, -0.15) is 5.26 Å². The van der Waals surface area contributed by atoms with E-state index < -0.39 is 0 Å². The molecule has 0 saturated carbocycles. The standard InChI is InChI=1S/C22H26N4O2/c1-15-16(2)26(13-18-7-5-11-28-18)22(19(15)12-23)24-21(27)14-25-10-9-17-6-3-4-8-20(17)25/h3-4,6,8,18H,5,7,9-11,13-14H2,1-2H3,(H,24,27)/t18-/m1/s1. The van der Waals surface area contributed by atoms with E-state index in [-0.39, 0.29) is 18.6 Å². The molecule has 3 heterocycles. The average molecular weight is 378 g/mol. The van der Waals surface area contributed by atoms with Crippen molar-refractivity contribution in [2.45, 2.75) is 45.8 Å².